The molecule has 4 aliphatic rings. The second-order valence-electron chi connectivity index (χ2n) is 15.9. The van der Waals surface area contributed by atoms with Crippen molar-refractivity contribution < 1.29 is 32.3 Å². The fourth-order valence-electron chi connectivity index (χ4n) is 10.1. The number of alkyl halides is 3. The Morgan fingerprint density at radius 2 is 1.38 bits per heavy atom. The fourth-order valence-corrected chi connectivity index (χ4v) is 10.1. The Kier molecular flexibility index (Phi) is 7.15. The average Bonchev–Trinajstić information content (AvgIpc) is 3.39. The molecular formula is C37H42F3NO4. The Morgan fingerprint density at radius 3 is 1.89 bits per heavy atom. The molecule has 0 spiro atoms. The number of rotatable bonds is 8. The molecule has 240 valence electrons. The number of carboxylic acids is 1. The minimum absolute atomic E-state index is 0.00270. The van der Waals surface area contributed by atoms with Gasteiger partial charge < -0.3 is 14.4 Å². The van der Waals surface area contributed by atoms with Gasteiger partial charge in [0.05, 0.1) is 17.4 Å². The van der Waals surface area contributed by atoms with Crippen molar-refractivity contribution in [2.24, 2.45) is 21.7 Å². The van der Waals surface area contributed by atoms with Crippen molar-refractivity contribution in [3.05, 3.63) is 83.3 Å². The number of halogens is 3. The molecule has 1 N–H and O–H groups in total. The monoisotopic (exact) mass is 621 g/mol. The molecule has 0 aliphatic heterocycles. The predicted molar refractivity (Wildman–Crippen MR) is 165 cm³/mol. The van der Waals surface area contributed by atoms with Gasteiger partial charge in [0, 0.05) is 6.54 Å². The Morgan fingerprint density at radius 1 is 0.800 bits per heavy atom. The van der Waals surface area contributed by atoms with Gasteiger partial charge in [-0.3, -0.25) is 9.59 Å². The second kappa shape index (κ2) is 10.2. The third kappa shape index (κ3) is 5.81. The highest BCUT2D eigenvalue weighted by atomic mass is 19.4. The lowest BCUT2D eigenvalue weighted by atomic mass is 9.36. The molecule has 7 rings (SSSR count). The lowest BCUT2D eigenvalue weighted by Gasteiger charge is -2.68. The zero-order valence-corrected chi connectivity index (χ0v) is 26.7. The SMILES string of the molecule is CC12CC3(C)CC(C)(C1)CC(C(=O)N(Cc1ccc(-c4cccc(C(C)(C)C(=O)O)c4)cc1)Cc1ccc(C(F)(F)F)o1)(C2)C3. The van der Waals surface area contributed by atoms with Crippen molar-refractivity contribution in [3.8, 4) is 11.1 Å². The van der Waals surface area contributed by atoms with E-state index in [0.29, 0.717) is 5.56 Å². The van der Waals surface area contributed by atoms with E-state index in [0.717, 1.165) is 61.3 Å². The summed E-state index contributed by atoms with van der Waals surface area (Å²) in [6.45, 7) is 10.5. The van der Waals surface area contributed by atoms with Gasteiger partial charge >= 0.3 is 12.1 Å². The summed E-state index contributed by atoms with van der Waals surface area (Å²) >= 11 is 0. The van der Waals surface area contributed by atoms with Crippen molar-refractivity contribution in [1.82, 2.24) is 4.90 Å². The molecule has 4 fully saturated rings. The summed E-state index contributed by atoms with van der Waals surface area (Å²) < 4.78 is 45.4. The summed E-state index contributed by atoms with van der Waals surface area (Å²) in [4.78, 5) is 28.2. The fraction of sp³-hybridized carbons (Fsp3) is 0.514. The first-order valence-electron chi connectivity index (χ1n) is 15.7. The van der Waals surface area contributed by atoms with Crippen molar-refractivity contribution >= 4 is 11.9 Å². The van der Waals surface area contributed by atoms with Crippen LogP contribution < -0.4 is 0 Å². The van der Waals surface area contributed by atoms with E-state index in [1.807, 2.05) is 42.5 Å². The molecule has 45 heavy (non-hydrogen) atoms. The highest BCUT2D eigenvalue weighted by molar-refractivity contribution is 5.84. The third-order valence-electron chi connectivity index (χ3n) is 10.7. The number of benzene rings is 2. The molecule has 1 aromatic heterocycles. The molecule has 2 aromatic carbocycles. The van der Waals surface area contributed by atoms with Gasteiger partial charge in [-0.05, 0) is 103 Å². The van der Waals surface area contributed by atoms with E-state index in [1.54, 1.807) is 24.8 Å². The number of carbonyl (C=O) groups is 2. The first-order valence-corrected chi connectivity index (χ1v) is 15.7. The first-order chi connectivity index (χ1) is 20.8. The zero-order chi connectivity index (χ0) is 32.6. The summed E-state index contributed by atoms with van der Waals surface area (Å²) in [6, 6.07) is 17.4. The topological polar surface area (TPSA) is 70.8 Å². The maximum Gasteiger partial charge on any atom is 0.449 e. The maximum absolute atomic E-state index is 14.7. The van der Waals surface area contributed by atoms with E-state index in [9.17, 15) is 27.9 Å². The quantitative estimate of drug-likeness (QED) is 0.272. The zero-order valence-electron chi connectivity index (χ0n) is 26.7. The van der Waals surface area contributed by atoms with Crippen LogP contribution in [0.25, 0.3) is 11.1 Å². The lowest BCUT2D eigenvalue weighted by molar-refractivity contribution is -0.200. The number of carbonyl (C=O) groups excluding carboxylic acids is 1. The van der Waals surface area contributed by atoms with Gasteiger partial charge in [-0.15, -0.1) is 0 Å². The van der Waals surface area contributed by atoms with Crippen molar-refractivity contribution in [1.29, 1.82) is 0 Å². The molecule has 5 nitrogen and oxygen atoms in total. The number of aliphatic carboxylic acids is 1. The smallest absolute Gasteiger partial charge is 0.449 e. The number of furan rings is 1. The minimum Gasteiger partial charge on any atom is -0.481 e. The summed E-state index contributed by atoms with van der Waals surface area (Å²) in [5.41, 5.74) is 1.93. The van der Waals surface area contributed by atoms with Gasteiger partial charge in [0.2, 0.25) is 11.7 Å². The van der Waals surface area contributed by atoms with Crippen LogP contribution in [-0.2, 0) is 34.3 Å². The molecule has 0 saturated heterocycles. The van der Waals surface area contributed by atoms with Crippen LogP contribution in [0.4, 0.5) is 13.2 Å². The van der Waals surface area contributed by atoms with Crippen LogP contribution in [0.2, 0.25) is 0 Å². The molecule has 4 aliphatic carbocycles. The largest absolute Gasteiger partial charge is 0.481 e. The Bertz CT molecular complexity index is 1580. The first kappa shape index (κ1) is 31.4. The predicted octanol–water partition coefficient (Wildman–Crippen LogP) is 9.24. The van der Waals surface area contributed by atoms with Crippen LogP contribution >= 0.6 is 0 Å². The van der Waals surface area contributed by atoms with Crippen LogP contribution in [0, 0.1) is 21.7 Å². The third-order valence-corrected chi connectivity index (χ3v) is 10.7. The van der Waals surface area contributed by atoms with E-state index in [1.165, 1.54) is 6.07 Å². The molecule has 4 bridgehead atoms. The average molecular weight is 622 g/mol. The van der Waals surface area contributed by atoms with Crippen molar-refractivity contribution in [2.75, 3.05) is 0 Å². The van der Waals surface area contributed by atoms with E-state index in [4.69, 9.17) is 4.42 Å². The molecule has 3 aromatic rings. The van der Waals surface area contributed by atoms with Gasteiger partial charge in [0.25, 0.3) is 0 Å². The van der Waals surface area contributed by atoms with Gasteiger partial charge in [-0.2, -0.15) is 13.2 Å². The highest BCUT2D eigenvalue weighted by Crippen LogP contribution is 2.73. The minimum atomic E-state index is -4.60. The molecule has 0 atom stereocenters. The number of hydrogen-bond donors (Lipinski definition) is 1. The van der Waals surface area contributed by atoms with Crippen LogP contribution in [0.5, 0.6) is 0 Å². The molecular weight excluding hydrogens is 579 g/mol. The van der Waals surface area contributed by atoms with E-state index < -0.39 is 28.7 Å². The normalized spacial score (nSPS) is 29.2. The molecule has 8 heteroatoms. The standard InChI is InChI=1S/C37H42F3NO4/c1-32(2,31(43)44)27-8-6-7-26(15-27)25-11-9-24(10-12-25)16-41(17-28-13-14-29(45-28)37(38,39)40)30(42)36-21-33(3)18-34(4,22-36)20-35(5,19-33)23-36/h6-15H,16-23H2,1-5H3,(H,43,44). The molecule has 1 heterocycles. The number of nitrogens with zero attached hydrogens (tertiary/aromatic N) is 1. The molecule has 1 amide bonds. The number of hydrogen-bond acceptors (Lipinski definition) is 3. The van der Waals surface area contributed by atoms with Crippen LogP contribution in [-0.4, -0.2) is 21.9 Å². The van der Waals surface area contributed by atoms with E-state index >= 15 is 0 Å². The van der Waals surface area contributed by atoms with Crippen molar-refractivity contribution in [3.63, 3.8) is 0 Å². The maximum atomic E-state index is 14.7. The van der Waals surface area contributed by atoms with E-state index in [2.05, 4.69) is 20.8 Å². The summed E-state index contributed by atoms with van der Waals surface area (Å²) in [5.74, 6) is -1.86. The van der Waals surface area contributed by atoms with E-state index in [-0.39, 0.29) is 41.0 Å². The molecule has 0 unspecified atom stereocenters. The summed E-state index contributed by atoms with van der Waals surface area (Å²) in [7, 11) is 0. The van der Waals surface area contributed by atoms with Crippen molar-refractivity contribution in [2.45, 2.75) is 97.8 Å². The van der Waals surface area contributed by atoms with Gasteiger partial charge in [0.1, 0.15) is 5.76 Å². The molecule has 0 radical (unpaired) electrons. The lowest BCUT2D eigenvalue weighted by Crippen LogP contribution is -2.63. The Hall–Kier alpha value is -3.55. The van der Waals surface area contributed by atoms with Gasteiger partial charge in [-0.1, -0.05) is 69.3 Å². The summed E-state index contributed by atoms with van der Waals surface area (Å²) in [6.07, 6.45) is 1.10. The summed E-state index contributed by atoms with van der Waals surface area (Å²) in [5, 5.41) is 9.68. The number of carboxylic acid groups (broad SMARTS) is 1. The van der Waals surface area contributed by atoms with Crippen LogP contribution in [0.15, 0.2) is 65.1 Å². The van der Waals surface area contributed by atoms with Crippen LogP contribution in [0.3, 0.4) is 0 Å². The highest BCUT2D eigenvalue weighted by Gasteiger charge is 2.66. The van der Waals surface area contributed by atoms with Gasteiger partial charge in [0.15, 0.2) is 0 Å². The molecule has 4 saturated carbocycles. The number of amides is 1. The van der Waals surface area contributed by atoms with Gasteiger partial charge in [-0.25, -0.2) is 0 Å². The second-order valence-corrected chi connectivity index (χ2v) is 15.9. The Balaban J connectivity index is 1.30. The van der Waals surface area contributed by atoms with Crippen LogP contribution in [0.1, 0.15) is 95.8 Å². The Labute approximate surface area is 262 Å².